The minimum atomic E-state index is -0.711. The third kappa shape index (κ3) is 28.9. The fraction of sp³-hybridized carbons (Fsp3) is 0.667. The van der Waals surface area contributed by atoms with E-state index in [4.69, 9.17) is 9.90 Å². The smallest absolute Gasteiger partial charge is 0.303 e. The number of carboxylic acids is 1. The second kappa shape index (κ2) is 10.8. The monoisotopic (exact) mass is 145 g/mol. The van der Waals surface area contributed by atoms with Crippen molar-refractivity contribution >= 4 is 12.0 Å². The van der Waals surface area contributed by atoms with Crippen molar-refractivity contribution in [2.24, 2.45) is 4.99 Å². The Morgan fingerprint density at radius 3 is 2.10 bits per heavy atom. The molecule has 0 unspecified atom stereocenters. The first kappa shape index (κ1) is 11.6. The molecule has 0 aliphatic carbocycles. The SMILES string of the molecule is CCCC(=O)O.CN=C=O. The van der Waals surface area contributed by atoms with E-state index in [2.05, 4.69) is 4.99 Å². The summed E-state index contributed by atoms with van der Waals surface area (Å²) in [5.41, 5.74) is 0. The molecule has 0 aromatic heterocycles. The zero-order valence-electron chi connectivity index (χ0n) is 6.13. The van der Waals surface area contributed by atoms with Gasteiger partial charge in [-0.25, -0.2) is 9.79 Å². The highest BCUT2D eigenvalue weighted by atomic mass is 16.4. The van der Waals surface area contributed by atoms with Crippen LogP contribution >= 0.6 is 0 Å². The molecule has 10 heavy (non-hydrogen) atoms. The number of rotatable bonds is 2. The van der Waals surface area contributed by atoms with Gasteiger partial charge in [-0.05, 0) is 6.42 Å². The van der Waals surface area contributed by atoms with Gasteiger partial charge in [0.1, 0.15) is 0 Å². The minimum Gasteiger partial charge on any atom is -0.481 e. The lowest BCUT2D eigenvalue weighted by Crippen LogP contribution is -1.90. The molecule has 58 valence electrons. The molecule has 0 amide bonds. The van der Waals surface area contributed by atoms with Crippen LogP contribution in [-0.4, -0.2) is 24.2 Å². The summed E-state index contributed by atoms with van der Waals surface area (Å²) in [5, 5.41) is 7.91. The van der Waals surface area contributed by atoms with Crippen LogP contribution < -0.4 is 0 Å². The average Bonchev–Trinajstić information content (AvgIpc) is 1.89. The largest absolute Gasteiger partial charge is 0.481 e. The van der Waals surface area contributed by atoms with E-state index in [0.717, 1.165) is 6.42 Å². The van der Waals surface area contributed by atoms with E-state index in [0.29, 0.717) is 6.42 Å². The first-order valence-corrected chi connectivity index (χ1v) is 2.86. The van der Waals surface area contributed by atoms with Gasteiger partial charge in [-0.15, -0.1) is 0 Å². The first-order chi connectivity index (χ1) is 4.68. The summed E-state index contributed by atoms with van der Waals surface area (Å²) in [5.74, 6) is -0.711. The molecule has 0 fully saturated rings. The van der Waals surface area contributed by atoms with E-state index in [1.807, 2.05) is 6.92 Å². The number of isocyanates is 1. The van der Waals surface area contributed by atoms with E-state index in [9.17, 15) is 4.79 Å². The van der Waals surface area contributed by atoms with Gasteiger partial charge in [-0.1, -0.05) is 6.92 Å². The van der Waals surface area contributed by atoms with Gasteiger partial charge in [0.15, 0.2) is 0 Å². The third-order valence-corrected chi connectivity index (χ3v) is 0.555. The number of carbonyl (C=O) groups is 1. The van der Waals surface area contributed by atoms with Gasteiger partial charge >= 0.3 is 5.97 Å². The van der Waals surface area contributed by atoms with Crippen LogP contribution in [0.5, 0.6) is 0 Å². The van der Waals surface area contributed by atoms with Crippen LogP contribution in [0.1, 0.15) is 19.8 Å². The predicted octanol–water partition coefficient (Wildman–Crippen LogP) is 0.823. The molecule has 0 heterocycles. The van der Waals surface area contributed by atoms with Crippen LogP contribution in [0.3, 0.4) is 0 Å². The summed E-state index contributed by atoms with van der Waals surface area (Å²) in [6.45, 7) is 1.84. The number of hydrogen-bond donors (Lipinski definition) is 1. The third-order valence-electron chi connectivity index (χ3n) is 0.555. The lowest BCUT2D eigenvalue weighted by molar-refractivity contribution is -0.137. The highest BCUT2D eigenvalue weighted by molar-refractivity contribution is 5.66. The Morgan fingerprint density at radius 1 is 1.70 bits per heavy atom. The zero-order valence-corrected chi connectivity index (χ0v) is 6.13. The van der Waals surface area contributed by atoms with Gasteiger partial charge in [-0.2, -0.15) is 0 Å². The molecule has 0 bridgehead atoms. The Labute approximate surface area is 59.6 Å². The molecule has 0 rings (SSSR count). The quantitative estimate of drug-likeness (QED) is 0.462. The van der Waals surface area contributed by atoms with Gasteiger partial charge in [0.05, 0.1) is 0 Å². The highest BCUT2D eigenvalue weighted by Gasteiger charge is 1.87. The number of carboxylic acid groups (broad SMARTS) is 1. The van der Waals surface area contributed by atoms with Gasteiger partial charge in [-0.3, -0.25) is 4.79 Å². The molecule has 0 spiro atoms. The van der Waals surface area contributed by atoms with Crippen LogP contribution in [-0.2, 0) is 9.59 Å². The maximum atomic E-state index is 9.60. The zero-order chi connectivity index (χ0) is 8.41. The highest BCUT2D eigenvalue weighted by Crippen LogP contribution is 1.82. The Morgan fingerprint density at radius 2 is 2.10 bits per heavy atom. The maximum Gasteiger partial charge on any atom is 0.303 e. The Balaban J connectivity index is 0. The van der Waals surface area contributed by atoms with Crippen molar-refractivity contribution in [3.8, 4) is 0 Å². The maximum absolute atomic E-state index is 9.60. The summed E-state index contributed by atoms with van der Waals surface area (Å²) >= 11 is 0. The number of aliphatic carboxylic acids is 1. The molecule has 0 saturated carbocycles. The second-order valence-electron chi connectivity index (χ2n) is 1.46. The van der Waals surface area contributed by atoms with Crippen LogP contribution in [0, 0.1) is 0 Å². The fourth-order valence-corrected chi connectivity index (χ4v) is 0.214. The summed E-state index contributed by atoms with van der Waals surface area (Å²) in [6, 6.07) is 0. The molecule has 0 radical (unpaired) electrons. The van der Waals surface area contributed by atoms with E-state index in [-0.39, 0.29) is 0 Å². The molecule has 0 aliphatic heterocycles. The van der Waals surface area contributed by atoms with Crippen molar-refractivity contribution in [2.75, 3.05) is 7.05 Å². The van der Waals surface area contributed by atoms with Crippen LogP contribution in [0.25, 0.3) is 0 Å². The summed E-state index contributed by atoms with van der Waals surface area (Å²) in [7, 11) is 1.38. The van der Waals surface area contributed by atoms with Crippen molar-refractivity contribution in [1.82, 2.24) is 0 Å². The molecule has 0 aromatic carbocycles. The topological polar surface area (TPSA) is 66.7 Å². The summed E-state index contributed by atoms with van der Waals surface area (Å²) in [4.78, 5) is 21.4. The molecule has 4 heteroatoms. The molecule has 0 saturated heterocycles. The lowest BCUT2D eigenvalue weighted by Gasteiger charge is -1.79. The van der Waals surface area contributed by atoms with Crippen LogP contribution in [0.2, 0.25) is 0 Å². The van der Waals surface area contributed by atoms with Crippen LogP contribution in [0.4, 0.5) is 0 Å². The van der Waals surface area contributed by atoms with Crippen LogP contribution in [0.15, 0.2) is 4.99 Å². The van der Waals surface area contributed by atoms with Crippen molar-refractivity contribution in [3.63, 3.8) is 0 Å². The number of carbonyl (C=O) groups excluding carboxylic acids is 1. The molecular weight excluding hydrogens is 134 g/mol. The Hall–Kier alpha value is -1.15. The number of aliphatic imine (C=N–C) groups is 1. The second-order valence-corrected chi connectivity index (χ2v) is 1.46. The molecule has 4 nitrogen and oxygen atoms in total. The summed E-state index contributed by atoms with van der Waals surface area (Å²) < 4.78 is 0. The predicted molar refractivity (Wildman–Crippen MR) is 36.6 cm³/mol. The molecule has 0 aromatic rings. The standard InChI is InChI=1S/C4H8O2.C2H3NO/c1-2-3-4(5)6;1-3-2-4/h2-3H2,1H3,(H,5,6);1H3. The molecular formula is C6H11NO3. The number of nitrogens with zero attached hydrogens (tertiary/aromatic N) is 1. The molecule has 1 N–H and O–H groups in total. The molecule has 0 atom stereocenters. The van der Waals surface area contributed by atoms with Crippen molar-refractivity contribution in [1.29, 1.82) is 0 Å². The first-order valence-electron chi connectivity index (χ1n) is 2.86. The fourth-order valence-electron chi connectivity index (χ4n) is 0.214. The van der Waals surface area contributed by atoms with Gasteiger partial charge in [0, 0.05) is 13.5 Å². The van der Waals surface area contributed by atoms with E-state index < -0.39 is 5.97 Å². The van der Waals surface area contributed by atoms with E-state index >= 15 is 0 Å². The Kier molecular flexibility index (Phi) is 12.5. The normalized spacial score (nSPS) is 6.60. The summed E-state index contributed by atoms with van der Waals surface area (Å²) in [6.07, 6.45) is 2.33. The van der Waals surface area contributed by atoms with Gasteiger partial charge in [0.25, 0.3) is 0 Å². The van der Waals surface area contributed by atoms with Crippen molar-refractivity contribution < 1.29 is 14.7 Å². The van der Waals surface area contributed by atoms with Gasteiger partial charge < -0.3 is 5.11 Å². The van der Waals surface area contributed by atoms with Crippen molar-refractivity contribution in [2.45, 2.75) is 19.8 Å². The molecule has 0 aliphatic rings. The average molecular weight is 145 g/mol. The van der Waals surface area contributed by atoms with E-state index in [1.165, 1.54) is 13.1 Å². The number of hydrogen-bond acceptors (Lipinski definition) is 3. The van der Waals surface area contributed by atoms with Gasteiger partial charge in [0.2, 0.25) is 6.08 Å². The van der Waals surface area contributed by atoms with E-state index in [1.54, 1.807) is 0 Å². The van der Waals surface area contributed by atoms with Crippen molar-refractivity contribution in [3.05, 3.63) is 0 Å². The lowest BCUT2D eigenvalue weighted by atomic mass is 10.4. The Bertz CT molecular complexity index is 127. The minimum absolute atomic E-state index is 0.292.